The zero-order valence-electron chi connectivity index (χ0n) is 12.1. The first-order valence-electron chi connectivity index (χ1n) is 7.39. The van der Waals surface area contributed by atoms with Gasteiger partial charge in [0.2, 0.25) is 0 Å². The summed E-state index contributed by atoms with van der Waals surface area (Å²) in [6, 6.07) is 6.03. The molecule has 1 atom stereocenters. The van der Waals surface area contributed by atoms with E-state index in [4.69, 9.17) is 4.74 Å². The van der Waals surface area contributed by atoms with Crippen molar-refractivity contribution in [2.24, 2.45) is 5.92 Å². The van der Waals surface area contributed by atoms with Gasteiger partial charge in [0.15, 0.2) is 0 Å². The van der Waals surface area contributed by atoms with Crippen LogP contribution in [0.5, 0.6) is 0 Å². The van der Waals surface area contributed by atoms with Crippen LogP contribution in [0.1, 0.15) is 37.7 Å². The number of aliphatic hydroxyl groups is 1. The molecule has 2 N–H and O–H groups in total. The van der Waals surface area contributed by atoms with Gasteiger partial charge in [-0.05, 0) is 24.5 Å². The molecule has 0 aromatic heterocycles. The number of rotatable bonds is 7. The molecule has 2 rings (SSSR count). The van der Waals surface area contributed by atoms with Gasteiger partial charge in [-0.1, -0.05) is 47.7 Å². The molecule has 1 saturated carbocycles. The summed E-state index contributed by atoms with van der Waals surface area (Å²) in [5, 5.41) is 13.5. The third-order valence-corrected chi connectivity index (χ3v) is 4.76. The average molecular weight is 342 g/mol. The molecule has 0 bridgehead atoms. The van der Waals surface area contributed by atoms with Crippen molar-refractivity contribution in [3.63, 3.8) is 0 Å². The standard InChI is InChI=1S/C16H24BrNO2/c1-20-11-14-15(17)7-4-8-16(14)18-10-13(19)9-12-5-2-3-6-12/h4,7-8,12-13,18-19H,2-3,5-6,9-11H2,1H3. The Balaban J connectivity index is 1.87. The summed E-state index contributed by atoms with van der Waals surface area (Å²) >= 11 is 3.54. The molecular weight excluding hydrogens is 318 g/mol. The van der Waals surface area contributed by atoms with E-state index in [-0.39, 0.29) is 6.10 Å². The molecule has 0 heterocycles. The molecule has 112 valence electrons. The molecule has 3 nitrogen and oxygen atoms in total. The average Bonchev–Trinajstić information content (AvgIpc) is 2.92. The van der Waals surface area contributed by atoms with E-state index in [2.05, 4.69) is 21.2 Å². The van der Waals surface area contributed by atoms with Crippen LogP contribution in [0.3, 0.4) is 0 Å². The quantitative estimate of drug-likeness (QED) is 0.788. The van der Waals surface area contributed by atoms with Crippen molar-refractivity contribution in [1.29, 1.82) is 0 Å². The maximum Gasteiger partial charge on any atom is 0.0744 e. The van der Waals surface area contributed by atoms with E-state index in [1.165, 1.54) is 25.7 Å². The van der Waals surface area contributed by atoms with Crippen molar-refractivity contribution in [3.8, 4) is 0 Å². The summed E-state index contributed by atoms with van der Waals surface area (Å²) < 4.78 is 6.27. The van der Waals surface area contributed by atoms with Crippen LogP contribution in [0.25, 0.3) is 0 Å². The molecule has 0 radical (unpaired) electrons. The van der Waals surface area contributed by atoms with E-state index in [1.807, 2.05) is 18.2 Å². The largest absolute Gasteiger partial charge is 0.391 e. The van der Waals surface area contributed by atoms with Gasteiger partial charge in [0, 0.05) is 29.4 Å². The second-order valence-corrected chi connectivity index (χ2v) is 6.47. The lowest BCUT2D eigenvalue weighted by Crippen LogP contribution is -2.22. The predicted octanol–water partition coefficient (Wildman–Crippen LogP) is 3.95. The highest BCUT2D eigenvalue weighted by molar-refractivity contribution is 9.10. The lowest BCUT2D eigenvalue weighted by Gasteiger charge is -2.18. The molecule has 0 saturated heterocycles. The fraction of sp³-hybridized carbons (Fsp3) is 0.625. The molecule has 0 amide bonds. The van der Waals surface area contributed by atoms with Crippen LogP contribution in [-0.2, 0) is 11.3 Å². The van der Waals surface area contributed by atoms with Crippen molar-refractivity contribution in [2.45, 2.75) is 44.8 Å². The Labute approximate surface area is 129 Å². The van der Waals surface area contributed by atoms with Gasteiger partial charge in [0.05, 0.1) is 12.7 Å². The number of aliphatic hydroxyl groups excluding tert-OH is 1. The Bertz CT molecular complexity index is 419. The van der Waals surface area contributed by atoms with E-state index in [0.29, 0.717) is 19.1 Å². The van der Waals surface area contributed by atoms with Crippen molar-refractivity contribution < 1.29 is 9.84 Å². The van der Waals surface area contributed by atoms with E-state index < -0.39 is 0 Å². The summed E-state index contributed by atoms with van der Waals surface area (Å²) in [6.45, 7) is 1.16. The minimum absolute atomic E-state index is 0.271. The van der Waals surface area contributed by atoms with E-state index >= 15 is 0 Å². The number of nitrogens with one attached hydrogen (secondary N) is 1. The van der Waals surface area contributed by atoms with E-state index in [1.54, 1.807) is 7.11 Å². The number of anilines is 1. The fourth-order valence-electron chi connectivity index (χ4n) is 2.96. The van der Waals surface area contributed by atoms with E-state index in [9.17, 15) is 5.11 Å². The molecule has 20 heavy (non-hydrogen) atoms. The SMILES string of the molecule is COCc1c(Br)cccc1NCC(O)CC1CCCC1. The molecule has 1 fully saturated rings. The maximum absolute atomic E-state index is 10.2. The first kappa shape index (κ1) is 15.8. The van der Waals surface area contributed by atoms with Gasteiger partial charge in [-0.2, -0.15) is 0 Å². The lowest BCUT2D eigenvalue weighted by atomic mass is 10.00. The Morgan fingerprint density at radius 2 is 2.15 bits per heavy atom. The smallest absolute Gasteiger partial charge is 0.0744 e. The highest BCUT2D eigenvalue weighted by atomic mass is 79.9. The van der Waals surface area contributed by atoms with Crippen LogP contribution < -0.4 is 5.32 Å². The van der Waals surface area contributed by atoms with Crippen molar-refractivity contribution in [1.82, 2.24) is 0 Å². The van der Waals surface area contributed by atoms with Crippen LogP contribution in [0, 0.1) is 5.92 Å². The minimum Gasteiger partial charge on any atom is -0.391 e. The summed E-state index contributed by atoms with van der Waals surface area (Å²) in [6.07, 6.45) is 5.86. The number of benzene rings is 1. The Morgan fingerprint density at radius 3 is 2.85 bits per heavy atom. The highest BCUT2D eigenvalue weighted by Gasteiger charge is 2.19. The Hall–Kier alpha value is -0.580. The molecule has 1 unspecified atom stereocenters. The van der Waals surface area contributed by atoms with Gasteiger partial charge in [0.1, 0.15) is 0 Å². The number of ether oxygens (including phenoxy) is 1. The number of hydrogen-bond acceptors (Lipinski definition) is 3. The van der Waals surface area contributed by atoms with Crippen molar-refractivity contribution >= 4 is 21.6 Å². The zero-order valence-corrected chi connectivity index (χ0v) is 13.7. The molecule has 4 heteroatoms. The zero-order chi connectivity index (χ0) is 14.4. The third kappa shape index (κ3) is 4.47. The van der Waals surface area contributed by atoms with Crippen molar-refractivity contribution in [3.05, 3.63) is 28.2 Å². The van der Waals surface area contributed by atoms with Crippen LogP contribution in [0.4, 0.5) is 5.69 Å². The van der Waals surface area contributed by atoms with Crippen LogP contribution >= 0.6 is 15.9 Å². The summed E-state index contributed by atoms with van der Waals surface area (Å²) in [5.74, 6) is 0.716. The van der Waals surface area contributed by atoms with Gasteiger partial charge in [-0.15, -0.1) is 0 Å². The van der Waals surface area contributed by atoms with Crippen molar-refractivity contribution in [2.75, 3.05) is 19.0 Å². The van der Waals surface area contributed by atoms with Crippen LogP contribution in [-0.4, -0.2) is 24.9 Å². The summed E-state index contributed by atoms with van der Waals surface area (Å²) in [4.78, 5) is 0. The second kappa shape index (κ2) is 8.01. The van der Waals surface area contributed by atoms with Gasteiger partial charge in [0.25, 0.3) is 0 Å². The first-order valence-corrected chi connectivity index (χ1v) is 8.18. The van der Waals surface area contributed by atoms with Gasteiger partial charge in [-0.25, -0.2) is 0 Å². The van der Waals surface area contributed by atoms with Gasteiger partial charge in [-0.3, -0.25) is 0 Å². The second-order valence-electron chi connectivity index (χ2n) is 5.62. The molecule has 1 aromatic carbocycles. The molecule has 1 aliphatic carbocycles. The normalized spacial score (nSPS) is 17.4. The number of hydrogen-bond donors (Lipinski definition) is 2. The Morgan fingerprint density at radius 1 is 1.40 bits per heavy atom. The monoisotopic (exact) mass is 341 g/mol. The first-order chi connectivity index (χ1) is 9.70. The fourth-order valence-corrected chi connectivity index (χ4v) is 3.44. The maximum atomic E-state index is 10.2. The number of methoxy groups -OCH3 is 1. The number of halogens is 1. The third-order valence-electron chi connectivity index (χ3n) is 4.02. The summed E-state index contributed by atoms with van der Waals surface area (Å²) in [7, 11) is 1.69. The molecule has 0 aliphatic heterocycles. The topological polar surface area (TPSA) is 41.5 Å². The van der Waals surface area contributed by atoms with E-state index in [0.717, 1.165) is 22.1 Å². The Kier molecular flexibility index (Phi) is 6.33. The lowest BCUT2D eigenvalue weighted by molar-refractivity contribution is 0.154. The molecule has 1 aliphatic rings. The molecule has 1 aromatic rings. The predicted molar refractivity (Wildman–Crippen MR) is 85.9 cm³/mol. The van der Waals surface area contributed by atoms with Gasteiger partial charge < -0.3 is 15.2 Å². The molecule has 0 spiro atoms. The van der Waals surface area contributed by atoms with Crippen LogP contribution in [0.15, 0.2) is 22.7 Å². The minimum atomic E-state index is -0.271. The highest BCUT2D eigenvalue weighted by Crippen LogP contribution is 2.29. The van der Waals surface area contributed by atoms with Gasteiger partial charge >= 0.3 is 0 Å². The van der Waals surface area contributed by atoms with Crippen LogP contribution in [0.2, 0.25) is 0 Å². The molecular formula is C16H24BrNO2. The summed E-state index contributed by atoms with van der Waals surface area (Å²) in [5.41, 5.74) is 2.13.